The van der Waals surface area contributed by atoms with Gasteiger partial charge in [-0.1, -0.05) is 13.8 Å². The highest BCUT2D eigenvalue weighted by atomic mass is 15.2. The van der Waals surface area contributed by atoms with Crippen molar-refractivity contribution in [3.8, 4) is 6.07 Å². The fourth-order valence-corrected chi connectivity index (χ4v) is 1.89. The van der Waals surface area contributed by atoms with Crippen LogP contribution in [0.15, 0.2) is 0 Å². The minimum Gasteiger partial charge on any atom is -0.315 e. The Bertz CT molecular complexity index is 209. The van der Waals surface area contributed by atoms with E-state index in [1.165, 1.54) is 12.8 Å². The van der Waals surface area contributed by atoms with Crippen LogP contribution in [0.3, 0.4) is 0 Å². The Morgan fingerprint density at radius 3 is 2.85 bits per heavy atom. The molecule has 2 N–H and O–H groups in total. The lowest BCUT2D eigenvalue weighted by atomic mass is 9.87. The number of hydrogen-bond donors (Lipinski definition) is 1. The van der Waals surface area contributed by atoms with Crippen LogP contribution >= 0.6 is 0 Å². The summed E-state index contributed by atoms with van der Waals surface area (Å²) >= 11 is 0. The van der Waals surface area contributed by atoms with Crippen molar-refractivity contribution in [2.45, 2.75) is 32.7 Å². The van der Waals surface area contributed by atoms with E-state index in [4.69, 9.17) is 11.0 Å². The highest BCUT2D eigenvalue weighted by Gasteiger charge is 2.32. The van der Waals surface area contributed by atoms with Crippen molar-refractivity contribution >= 4 is 0 Å². The molecule has 0 aromatic carbocycles. The van der Waals surface area contributed by atoms with Crippen LogP contribution in [0, 0.1) is 16.7 Å². The van der Waals surface area contributed by atoms with Crippen molar-refractivity contribution in [2.24, 2.45) is 11.1 Å². The van der Waals surface area contributed by atoms with Crippen molar-refractivity contribution in [3.05, 3.63) is 0 Å². The summed E-state index contributed by atoms with van der Waals surface area (Å²) in [4.78, 5) is 2.30. The van der Waals surface area contributed by atoms with Gasteiger partial charge in [0, 0.05) is 13.1 Å². The molecule has 1 aliphatic rings. The van der Waals surface area contributed by atoms with Gasteiger partial charge in [-0.3, -0.25) is 0 Å². The molecule has 0 spiro atoms. The van der Waals surface area contributed by atoms with Gasteiger partial charge < -0.3 is 10.6 Å². The monoisotopic (exact) mass is 181 g/mol. The largest absolute Gasteiger partial charge is 0.315 e. The van der Waals surface area contributed by atoms with Crippen LogP contribution in [0.4, 0.5) is 0 Å². The lowest BCUT2D eigenvalue weighted by molar-refractivity contribution is 0.266. The zero-order valence-electron chi connectivity index (χ0n) is 8.58. The normalized spacial score (nSPS) is 31.5. The van der Waals surface area contributed by atoms with Crippen LogP contribution in [0.2, 0.25) is 0 Å². The quantitative estimate of drug-likeness (QED) is 0.705. The van der Waals surface area contributed by atoms with E-state index in [0.29, 0.717) is 5.41 Å². The zero-order valence-corrected chi connectivity index (χ0v) is 8.58. The molecule has 3 heteroatoms. The fraction of sp³-hybridized carbons (Fsp3) is 0.900. The third-order valence-corrected chi connectivity index (χ3v) is 3.11. The van der Waals surface area contributed by atoms with Crippen LogP contribution < -0.4 is 5.73 Å². The summed E-state index contributed by atoms with van der Waals surface area (Å²) in [7, 11) is 0. The molecule has 0 aromatic heterocycles. The smallest absolute Gasteiger partial charge is 0.106 e. The number of rotatable bonds is 3. The maximum Gasteiger partial charge on any atom is 0.106 e. The predicted octanol–water partition coefficient (Wildman–Crippen LogP) is 0.959. The molecule has 0 saturated carbocycles. The first-order chi connectivity index (χ1) is 6.09. The van der Waals surface area contributed by atoms with Gasteiger partial charge in [-0.2, -0.15) is 5.26 Å². The first-order valence-corrected chi connectivity index (χ1v) is 4.97. The minimum absolute atomic E-state index is 0.320. The van der Waals surface area contributed by atoms with Gasteiger partial charge in [0.05, 0.1) is 6.07 Å². The molecular formula is C10H19N3. The SMILES string of the molecule is CCC1(C)CCN(CC(N)C#N)C1. The molecule has 0 bridgehead atoms. The summed E-state index contributed by atoms with van der Waals surface area (Å²) in [5, 5.41) is 8.58. The summed E-state index contributed by atoms with van der Waals surface area (Å²) < 4.78 is 0. The van der Waals surface area contributed by atoms with Gasteiger partial charge >= 0.3 is 0 Å². The van der Waals surface area contributed by atoms with E-state index in [2.05, 4.69) is 24.8 Å². The molecular weight excluding hydrogens is 162 g/mol. The van der Waals surface area contributed by atoms with Gasteiger partial charge in [0.2, 0.25) is 0 Å². The Morgan fingerprint density at radius 2 is 2.38 bits per heavy atom. The molecule has 1 rings (SSSR count). The van der Waals surface area contributed by atoms with E-state index in [1.54, 1.807) is 0 Å². The topological polar surface area (TPSA) is 53.0 Å². The Morgan fingerprint density at radius 1 is 1.69 bits per heavy atom. The van der Waals surface area contributed by atoms with Gasteiger partial charge in [-0.05, 0) is 24.8 Å². The van der Waals surface area contributed by atoms with E-state index in [9.17, 15) is 0 Å². The average Bonchev–Trinajstić information content (AvgIpc) is 2.48. The van der Waals surface area contributed by atoms with Crippen molar-refractivity contribution < 1.29 is 0 Å². The Kier molecular flexibility index (Phi) is 3.29. The second-order valence-corrected chi connectivity index (χ2v) is 4.38. The summed E-state index contributed by atoms with van der Waals surface area (Å²) in [5.74, 6) is 0. The molecule has 13 heavy (non-hydrogen) atoms. The second-order valence-electron chi connectivity index (χ2n) is 4.38. The van der Waals surface area contributed by atoms with Crippen LogP contribution in [-0.4, -0.2) is 30.6 Å². The third kappa shape index (κ3) is 2.68. The van der Waals surface area contributed by atoms with Gasteiger partial charge in [-0.15, -0.1) is 0 Å². The molecule has 0 radical (unpaired) electrons. The van der Waals surface area contributed by atoms with Crippen LogP contribution in [0.5, 0.6) is 0 Å². The van der Waals surface area contributed by atoms with Gasteiger partial charge in [0.25, 0.3) is 0 Å². The molecule has 2 atom stereocenters. The Hall–Kier alpha value is -0.590. The maximum absolute atomic E-state index is 8.58. The van der Waals surface area contributed by atoms with Gasteiger partial charge in [0.1, 0.15) is 6.04 Å². The lowest BCUT2D eigenvalue weighted by Crippen LogP contribution is -2.36. The summed E-state index contributed by atoms with van der Waals surface area (Å²) in [6, 6.07) is 1.75. The van der Waals surface area contributed by atoms with E-state index >= 15 is 0 Å². The van der Waals surface area contributed by atoms with E-state index < -0.39 is 0 Å². The van der Waals surface area contributed by atoms with Crippen molar-refractivity contribution in [1.82, 2.24) is 4.90 Å². The van der Waals surface area contributed by atoms with Crippen LogP contribution in [-0.2, 0) is 0 Å². The van der Waals surface area contributed by atoms with E-state index in [-0.39, 0.29) is 6.04 Å². The van der Waals surface area contributed by atoms with E-state index in [1.807, 2.05) is 0 Å². The van der Waals surface area contributed by atoms with E-state index in [0.717, 1.165) is 19.6 Å². The summed E-state index contributed by atoms with van der Waals surface area (Å²) in [6.07, 6.45) is 2.45. The van der Waals surface area contributed by atoms with Crippen molar-refractivity contribution in [2.75, 3.05) is 19.6 Å². The number of nitrogens with two attached hydrogens (primary N) is 1. The highest BCUT2D eigenvalue weighted by Crippen LogP contribution is 2.32. The second kappa shape index (κ2) is 4.08. The predicted molar refractivity (Wildman–Crippen MR) is 53.0 cm³/mol. The van der Waals surface area contributed by atoms with Crippen LogP contribution in [0.1, 0.15) is 26.7 Å². The molecule has 0 aliphatic carbocycles. The molecule has 2 unspecified atom stereocenters. The van der Waals surface area contributed by atoms with Gasteiger partial charge in [-0.25, -0.2) is 0 Å². The number of likely N-dealkylation sites (tertiary alicyclic amines) is 1. The minimum atomic E-state index is -0.320. The summed E-state index contributed by atoms with van der Waals surface area (Å²) in [6.45, 7) is 7.46. The molecule has 74 valence electrons. The van der Waals surface area contributed by atoms with Crippen molar-refractivity contribution in [1.29, 1.82) is 5.26 Å². The lowest BCUT2D eigenvalue weighted by Gasteiger charge is -2.23. The molecule has 0 amide bonds. The first kappa shape index (κ1) is 10.5. The Balaban J connectivity index is 2.38. The zero-order chi connectivity index (χ0) is 9.90. The molecule has 1 heterocycles. The summed E-state index contributed by atoms with van der Waals surface area (Å²) in [5.41, 5.74) is 6.03. The Labute approximate surface area is 80.5 Å². The fourth-order valence-electron chi connectivity index (χ4n) is 1.89. The first-order valence-electron chi connectivity index (χ1n) is 4.97. The van der Waals surface area contributed by atoms with Gasteiger partial charge in [0.15, 0.2) is 0 Å². The molecule has 0 aromatic rings. The standard InChI is InChI=1S/C10H19N3/c1-3-10(2)4-5-13(8-10)7-9(12)6-11/h9H,3-5,7-8,12H2,1-2H3. The molecule has 1 aliphatic heterocycles. The van der Waals surface area contributed by atoms with Crippen LogP contribution in [0.25, 0.3) is 0 Å². The number of nitrogens with zero attached hydrogens (tertiary/aromatic N) is 2. The highest BCUT2D eigenvalue weighted by molar-refractivity contribution is 4.93. The van der Waals surface area contributed by atoms with Crippen molar-refractivity contribution in [3.63, 3.8) is 0 Å². The maximum atomic E-state index is 8.58. The third-order valence-electron chi connectivity index (χ3n) is 3.11. The average molecular weight is 181 g/mol. The molecule has 3 nitrogen and oxygen atoms in total. The molecule has 1 saturated heterocycles. The number of hydrogen-bond acceptors (Lipinski definition) is 3. The molecule has 1 fully saturated rings. The number of nitriles is 1.